The summed E-state index contributed by atoms with van der Waals surface area (Å²) in [7, 11) is 3.78. The molecule has 0 aliphatic rings. The molecule has 0 aromatic rings. The zero-order valence-corrected chi connectivity index (χ0v) is 10.3. The maximum Gasteiger partial charge on any atom is 0.342 e. The molecule has 0 bridgehead atoms. The van der Waals surface area contributed by atoms with Crippen molar-refractivity contribution in [2.75, 3.05) is 20.6 Å². The van der Waals surface area contributed by atoms with Gasteiger partial charge in [0.1, 0.15) is 0 Å². The molecule has 0 atom stereocenters. The van der Waals surface area contributed by atoms with Crippen molar-refractivity contribution < 1.29 is 14.5 Å². The van der Waals surface area contributed by atoms with E-state index in [0.717, 1.165) is 38.6 Å². The summed E-state index contributed by atoms with van der Waals surface area (Å²) in [5.41, 5.74) is 5.67. The molecule has 0 aromatic heterocycles. The van der Waals surface area contributed by atoms with E-state index in [1.807, 2.05) is 18.7 Å². The van der Waals surface area contributed by atoms with E-state index in [2.05, 4.69) is 5.32 Å². The van der Waals surface area contributed by atoms with Crippen LogP contribution < -0.4 is 16.2 Å². The van der Waals surface area contributed by atoms with Gasteiger partial charge in [0, 0.05) is 5.97 Å². The van der Waals surface area contributed by atoms with Gasteiger partial charge in [-0.3, -0.25) is 15.6 Å². The highest BCUT2D eigenvalue weighted by atomic mass is 16.4. The van der Waals surface area contributed by atoms with Crippen LogP contribution in [0.15, 0.2) is 0 Å². The molecule has 0 aromatic carbocycles. The lowest BCUT2D eigenvalue weighted by molar-refractivity contribution is -0.467. The average molecular weight is 229 g/mol. The van der Waals surface area contributed by atoms with Gasteiger partial charge < -0.3 is 9.90 Å². The molecule has 0 unspecified atom stereocenters. The molecule has 16 heavy (non-hydrogen) atoms. The highest BCUT2D eigenvalue weighted by Gasteiger charge is 1.98. The number of hydrogen-bond donors (Lipinski definition) is 2. The molecule has 0 saturated carbocycles. The van der Waals surface area contributed by atoms with Gasteiger partial charge in [-0.05, 0) is 19.3 Å². The van der Waals surface area contributed by atoms with Crippen LogP contribution in [0.2, 0.25) is 0 Å². The number of nitrogens with zero attached hydrogens (tertiary/aromatic N) is 1. The standard InChI is InChI=1S/C11H23N3O2/c1-14(2)11(12)13-9-7-5-3-4-6-8-10(15)16/h3-9H2,1-2H3,(H3,12,13,15,16). The van der Waals surface area contributed by atoms with Gasteiger partial charge in [-0.2, -0.15) is 0 Å². The Morgan fingerprint density at radius 1 is 1.19 bits per heavy atom. The Bertz CT molecular complexity index is 235. The molecule has 0 saturated heterocycles. The largest absolute Gasteiger partial charge is 0.550 e. The number of carbonyl (C=O) groups is 1. The summed E-state index contributed by atoms with van der Waals surface area (Å²) in [4.78, 5) is 10.1. The van der Waals surface area contributed by atoms with Crippen LogP contribution in [0.5, 0.6) is 0 Å². The SMILES string of the molecule is C[N+](C)=C(N)NCCCCCCCC(=O)[O-]. The fraction of sp³-hybridized carbons (Fsp3) is 0.818. The van der Waals surface area contributed by atoms with E-state index in [9.17, 15) is 9.90 Å². The number of carboxylic acids is 1. The van der Waals surface area contributed by atoms with Crippen LogP contribution in [0.1, 0.15) is 38.5 Å². The van der Waals surface area contributed by atoms with Crippen LogP contribution in [0.4, 0.5) is 0 Å². The van der Waals surface area contributed by atoms with Crippen molar-refractivity contribution in [1.29, 1.82) is 0 Å². The van der Waals surface area contributed by atoms with Crippen LogP contribution in [-0.2, 0) is 4.79 Å². The van der Waals surface area contributed by atoms with E-state index in [-0.39, 0.29) is 6.42 Å². The van der Waals surface area contributed by atoms with E-state index >= 15 is 0 Å². The second-order valence-electron chi connectivity index (χ2n) is 4.10. The van der Waals surface area contributed by atoms with Gasteiger partial charge in [-0.15, -0.1) is 0 Å². The normalized spacial score (nSPS) is 9.88. The molecule has 0 spiro atoms. The summed E-state index contributed by atoms with van der Waals surface area (Å²) in [5, 5.41) is 13.2. The van der Waals surface area contributed by atoms with Crippen LogP contribution in [0.25, 0.3) is 0 Å². The Morgan fingerprint density at radius 3 is 2.31 bits per heavy atom. The summed E-state index contributed by atoms with van der Waals surface area (Å²) >= 11 is 0. The number of carbonyl (C=O) groups excluding carboxylic acids is 1. The highest BCUT2D eigenvalue weighted by Crippen LogP contribution is 2.04. The zero-order valence-electron chi connectivity index (χ0n) is 10.3. The lowest BCUT2D eigenvalue weighted by atomic mass is 10.1. The number of nitrogens with two attached hydrogens (primary N) is 1. The van der Waals surface area contributed by atoms with Crippen molar-refractivity contribution in [2.45, 2.75) is 38.5 Å². The van der Waals surface area contributed by atoms with Gasteiger partial charge in [-0.1, -0.05) is 19.3 Å². The van der Waals surface area contributed by atoms with Crippen molar-refractivity contribution in [3.63, 3.8) is 0 Å². The summed E-state index contributed by atoms with van der Waals surface area (Å²) in [6.45, 7) is 0.866. The molecule has 0 aliphatic heterocycles. The van der Waals surface area contributed by atoms with E-state index in [1.54, 1.807) is 0 Å². The molecule has 0 radical (unpaired) electrons. The first kappa shape index (κ1) is 14.7. The summed E-state index contributed by atoms with van der Waals surface area (Å²) in [6.07, 6.45) is 5.08. The predicted molar refractivity (Wildman–Crippen MR) is 62.0 cm³/mol. The number of rotatable bonds is 8. The topological polar surface area (TPSA) is 81.2 Å². The third kappa shape index (κ3) is 9.30. The first-order valence-electron chi connectivity index (χ1n) is 5.77. The number of hydrogen-bond acceptors (Lipinski definition) is 2. The Hall–Kier alpha value is -1.26. The van der Waals surface area contributed by atoms with Crippen LogP contribution in [0, 0.1) is 0 Å². The molecular formula is C11H23N3O2. The number of carboxylic acid groups (broad SMARTS) is 1. The molecular weight excluding hydrogens is 206 g/mol. The van der Waals surface area contributed by atoms with Gasteiger partial charge >= 0.3 is 5.96 Å². The summed E-state index contributed by atoms with van der Waals surface area (Å²) in [5.74, 6) is -0.271. The smallest absolute Gasteiger partial charge is 0.342 e. The van der Waals surface area contributed by atoms with Gasteiger partial charge in [0.05, 0.1) is 20.6 Å². The minimum absolute atomic E-state index is 0.180. The van der Waals surface area contributed by atoms with Gasteiger partial charge in [0.2, 0.25) is 0 Å². The van der Waals surface area contributed by atoms with Crippen LogP contribution in [0.3, 0.4) is 0 Å². The molecule has 0 amide bonds. The van der Waals surface area contributed by atoms with Crippen molar-refractivity contribution in [3.8, 4) is 0 Å². The summed E-state index contributed by atoms with van der Waals surface area (Å²) < 4.78 is 1.83. The molecule has 0 heterocycles. The van der Waals surface area contributed by atoms with Gasteiger partial charge in [0.25, 0.3) is 0 Å². The van der Waals surface area contributed by atoms with Crippen molar-refractivity contribution in [1.82, 2.24) is 5.32 Å². The number of nitrogens with one attached hydrogen (secondary N) is 1. The van der Waals surface area contributed by atoms with Crippen LogP contribution in [-0.4, -0.2) is 37.1 Å². The maximum atomic E-state index is 10.1. The molecule has 0 rings (SSSR count). The third-order valence-electron chi connectivity index (χ3n) is 2.35. The minimum Gasteiger partial charge on any atom is -0.550 e. The van der Waals surface area contributed by atoms with E-state index < -0.39 is 5.97 Å². The Morgan fingerprint density at radius 2 is 1.75 bits per heavy atom. The fourth-order valence-electron chi connectivity index (χ4n) is 1.30. The Kier molecular flexibility index (Phi) is 8.29. The van der Waals surface area contributed by atoms with Crippen molar-refractivity contribution in [3.05, 3.63) is 0 Å². The first-order valence-corrected chi connectivity index (χ1v) is 5.77. The fourth-order valence-corrected chi connectivity index (χ4v) is 1.30. The third-order valence-corrected chi connectivity index (χ3v) is 2.35. The predicted octanol–water partition coefficient (Wildman–Crippen LogP) is -0.747. The summed E-state index contributed by atoms with van der Waals surface area (Å²) in [6, 6.07) is 0. The van der Waals surface area contributed by atoms with Gasteiger partial charge in [0.15, 0.2) is 0 Å². The highest BCUT2D eigenvalue weighted by molar-refractivity contribution is 5.72. The second kappa shape index (κ2) is 9.00. The minimum atomic E-state index is -0.949. The van der Waals surface area contributed by atoms with E-state index in [4.69, 9.17) is 5.73 Å². The lowest BCUT2D eigenvalue weighted by Gasteiger charge is -2.03. The number of unbranched alkanes of at least 4 members (excludes halogenated alkanes) is 4. The lowest BCUT2D eigenvalue weighted by Crippen LogP contribution is -2.38. The number of aliphatic carboxylic acids is 1. The molecule has 3 N–H and O–H groups in total. The van der Waals surface area contributed by atoms with Crippen molar-refractivity contribution in [2.24, 2.45) is 5.73 Å². The van der Waals surface area contributed by atoms with Crippen LogP contribution >= 0.6 is 0 Å². The monoisotopic (exact) mass is 229 g/mol. The molecule has 94 valence electrons. The zero-order chi connectivity index (χ0) is 12.4. The maximum absolute atomic E-state index is 10.1. The van der Waals surface area contributed by atoms with E-state index in [0.29, 0.717) is 5.96 Å². The molecule has 5 heteroatoms. The quantitative estimate of drug-likeness (QED) is 0.248. The second-order valence-corrected chi connectivity index (χ2v) is 4.10. The van der Waals surface area contributed by atoms with Crippen molar-refractivity contribution >= 4 is 11.9 Å². The van der Waals surface area contributed by atoms with Gasteiger partial charge in [-0.25, -0.2) is 0 Å². The Labute approximate surface area is 97.3 Å². The average Bonchev–Trinajstić information content (AvgIpc) is 2.21. The molecule has 5 nitrogen and oxygen atoms in total. The Balaban J connectivity index is 3.22. The van der Waals surface area contributed by atoms with E-state index in [1.165, 1.54) is 0 Å². The number of guanidine groups is 1. The molecule has 0 aliphatic carbocycles. The molecule has 0 fully saturated rings. The first-order chi connectivity index (χ1) is 7.54.